The number of aliphatic hydroxyl groups is 2. The minimum Gasteiger partial charge on any atom is -0.511 e. The molecule has 0 fully saturated rings. The van der Waals surface area contributed by atoms with E-state index in [1.807, 2.05) is 0 Å². The molecule has 9 heteroatoms. The first-order valence-electron chi connectivity index (χ1n) is 9.19. The number of carbonyl (C=O) groups is 3. The average Bonchev–Trinajstić information content (AvgIpc) is 2.70. The molecule has 1 aromatic rings. The summed E-state index contributed by atoms with van der Waals surface area (Å²) in [4.78, 5) is 38.3. The Morgan fingerprint density at radius 1 is 1.23 bits per heavy atom. The number of aromatic hydroxyl groups is 1. The molecular formula is C21H17NO8. The maximum atomic E-state index is 13.2. The van der Waals surface area contributed by atoms with Crippen molar-refractivity contribution in [2.75, 3.05) is 7.11 Å². The van der Waals surface area contributed by atoms with Crippen molar-refractivity contribution in [1.29, 1.82) is 5.26 Å². The third-order valence-corrected chi connectivity index (χ3v) is 6.04. The molecule has 3 aliphatic carbocycles. The zero-order chi connectivity index (χ0) is 21.8. The monoisotopic (exact) mass is 411 g/mol. The summed E-state index contributed by atoms with van der Waals surface area (Å²) in [6.45, 7) is 0. The van der Waals surface area contributed by atoms with Crippen molar-refractivity contribution < 1.29 is 39.2 Å². The zero-order valence-corrected chi connectivity index (χ0v) is 15.8. The van der Waals surface area contributed by atoms with Crippen molar-refractivity contribution >= 4 is 17.7 Å². The van der Waals surface area contributed by atoms with Gasteiger partial charge in [-0.3, -0.25) is 9.59 Å². The molecule has 3 aliphatic rings. The standard InChI is InChI=1S/C21H17NO8/c1-29-20(28)30-21-11(7-14(24)12(8-22)18(21)26)6-10-5-9-3-2-4-13(23)15(9)17(25)16(10)19(21)27/h2-4,10-11,23-24,27H,5-7H2,1H3/t10?,11?,21-/m1/s1. The molecule has 3 atom stereocenters. The molecule has 30 heavy (non-hydrogen) atoms. The quantitative estimate of drug-likeness (QED) is 0.591. The van der Waals surface area contributed by atoms with Gasteiger partial charge in [-0.15, -0.1) is 0 Å². The van der Waals surface area contributed by atoms with Crippen LogP contribution in [-0.2, 0) is 20.7 Å². The Morgan fingerprint density at radius 2 is 1.97 bits per heavy atom. The summed E-state index contributed by atoms with van der Waals surface area (Å²) in [5.41, 5.74) is -2.59. The topological polar surface area (TPSA) is 154 Å². The van der Waals surface area contributed by atoms with Gasteiger partial charge in [-0.1, -0.05) is 12.1 Å². The van der Waals surface area contributed by atoms with Crippen molar-refractivity contribution in [2.45, 2.75) is 24.9 Å². The molecule has 3 N–H and O–H groups in total. The minimum atomic E-state index is -2.37. The third-order valence-electron chi connectivity index (χ3n) is 6.04. The lowest BCUT2D eigenvalue weighted by atomic mass is 9.60. The first kappa shape index (κ1) is 19.5. The second-order valence-electron chi connectivity index (χ2n) is 7.49. The second-order valence-corrected chi connectivity index (χ2v) is 7.49. The Bertz CT molecular complexity index is 1110. The lowest BCUT2D eigenvalue weighted by Gasteiger charge is -2.46. The number of hydrogen-bond acceptors (Lipinski definition) is 9. The van der Waals surface area contributed by atoms with Gasteiger partial charge in [-0.25, -0.2) is 4.79 Å². The van der Waals surface area contributed by atoms with Gasteiger partial charge in [0.25, 0.3) is 0 Å². The number of hydrogen-bond donors (Lipinski definition) is 3. The molecule has 0 radical (unpaired) electrons. The number of allylic oxidation sites excluding steroid dienone is 2. The molecule has 4 rings (SSSR count). The van der Waals surface area contributed by atoms with Gasteiger partial charge in [0, 0.05) is 17.9 Å². The van der Waals surface area contributed by atoms with Crippen molar-refractivity contribution in [3.63, 3.8) is 0 Å². The molecule has 0 aliphatic heterocycles. The number of nitrogens with zero attached hydrogens (tertiary/aromatic N) is 1. The highest BCUT2D eigenvalue weighted by Gasteiger charge is 2.63. The maximum absolute atomic E-state index is 13.2. The minimum absolute atomic E-state index is 0.00382. The average molecular weight is 411 g/mol. The Balaban J connectivity index is 1.97. The van der Waals surface area contributed by atoms with Gasteiger partial charge in [-0.05, 0) is 30.4 Å². The highest BCUT2D eigenvalue weighted by molar-refractivity contribution is 6.16. The number of ether oxygens (including phenoxy) is 2. The van der Waals surface area contributed by atoms with E-state index in [0.717, 1.165) is 7.11 Å². The van der Waals surface area contributed by atoms with Crippen LogP contribution < -0.4 is 0 Å². The molecule has 0 aromatic heterocycles. The number of nitriles is 1. The normalized spacial score (nSPS) is 27.6. The summed E-state index contributed by atoms with van der Waals surface area (Å²) < 4.78 is 9.72. The van der Waals surface area contributed by atoms with Crippen LogP contribution in [0.15, 0.2) is 40.9 Å². The number of rotatable bonds is 1. The molecule has 154 valence electrons. The Morgan fingerprint density at radius 3 is 2.63 bits per heavy atom. The van der Waals surface area contributed by atoms with Gasteiger partial charge in [0.1, 0.15) is 23.2 Å². The molecule has 9 nitrogen and oxygen atoms in total. The summed E-state index contributed by atoms with van der Waals surface area (Å²) in [7, 11) is 1.01. The van der Waals surface area contributed by atoms with Crippen molar-refractivity contribution in [3.8, 4) is 11.8 Å². The fourth-order valence-electron chi connectivity index (χ4n) is 4.75. The van der Waals surface area contributed by atoms with E-state index in [9.17, 15) is 35.0 Å². The summed E-state index contributed by atoms with van der Waals surface area (Å²) >= 11 is 0. The zero-order valence-electron chi connectivity index (χ0n) is 15.8. The molecule has 0 spiro atoms. The Labute approximate surface area is 170 Å². The first-order chi connectivity index (χ1) is 14.3. The summed E-state index contributed by atoms with van der Waals surface area (Å²) in [6, 6.07) is 6.19. The van der Waals surface area contributed by atoms with E-state index in [1.165, 1.54) is 6.07 Å². The van der Waals surface area contributed by atoms with Gasteiger partial charge in [0.05, 0.1) is 12.7 Å². The van der Waals surface area contributed by atoms with Gasteiger partial charge in [-0.2, -0.15) is 5.26 Å². The Hall–Kier alpha value is -3.80. The summed E-state index contributed by atoms with van der Waals surface area (Å²) in [5.74, 6) is -4.79. The fraction of sp³-hybridized carbons (Fsp3) is 0.333. The highest BCUT2D eigenvalue weighted by atomic mass is 16.7. The van der Waals surface area contributed by atoms with Gasteiger partial charge in [0.2, 0.25) is 11.4 Å². The van der Waals surface area contributed by atoms with Crippen molar-refractivity contribution in [1.82, 2.24) is 0 Å². The van der Waals surface area contributed by atoms with E-state index in [-0.39, 0.29) is 29.7 Å². The highest BCUT2D eigenvalue weighted by Crippen LogP contribution is 2.52. The SMILES string of the molecule is COC(=O)O[C@@]12C(=O)C(C#N)=C(O)CC1CC1Cc3cccc(O)c3C(=O)C1=C2O. The molecule has 0 bridgehead atoms. The molecule has 0 saturated carbocycles. The smallest absolute Gasteiger partial charge is 0.509 e. The number of aliphatic hydroxyl groups excluding tert-OH is 2. The van der Waals surface area contributed by atoms with Gasteiger partial charge < -0.3 is 24.8 Å². The molecule has 0 saturated heterocycles. The third kappa shape index (κ3) is 2.43. The number of benzene rings is 1. The van der Waals surface area contributed by atoms with Crippen LogP contribution in [-0.4, -0.2) is 45.8 Å². The summed E-state index contributed by atoms with van der Waals surface area (Å²) in [6.07, 6.45) is -1.08. The van der Waals surface area contributed by atoms with E-state index < -0.39 is 52.3 Å². The number of Topliss-reactive ketones (excluding diaryl/α,β-unsaturated/α-hetero) is 2. The van der Waals surface area contributed by atoms with E-state index in [4.69, 9.17) is 4.74 Å². The fourth-order valence-corrected chi connectivity index (χ4v) is 4.75. The molecule has 2 unspecified atom stereocenters. The van der Waals surface area contributed by atoms with Crippen molar-refractivity contribution in [3.05, 3.63) is 52.0 Å². The van der Waals surface area contributed by atoms with Gasteiger partial charge in [0.15, 0.2) is 11.5 Å². The van der Waals surface area contributed by atoms with Crippen LogP contribution >= 0.6 is 0 Å². The largest absolute Gasteiger partial charge is 0.511 e. The lowest BCUT2D eigenvalue weighted by molar-refractivity contribution is -0.146. The molecule has 0 heterocycles. The number of ketones is 2. The van der Waals surface area contributed by atoms with Crippen molar-refractivity contribution in [2.24, 2.45) is 11.8 Å². The first-order valence-corrected chi connectivity index (χ1v) is 9.19. The lowest BCUT2D eigenvalue weighted by Crippen LogP contribution is -2.58. The Kier molecular flexibility index (Phi) is 4.31. The van der Waals surface area contributed by atoms with E-state index in [2.05, 4.69) is 4.74 Å². The van der Waals surface area contributed by atoms with Crippen LogP contribution in [0, 0.1) is 23.2 Å². The van der Waals surface area contributed by atoms with Crippen LogP contribution in [0.4, 0.5) is 4.79 Å². The number of methoxy groups -OCH3 is 1. The second kappa shape index (κ2) is 6.62. The predicted octanol–water partition coefficient (Wildman–Crippen LogP) is 2.41. The molecular weight excluding hydrogens is 394 g/mol. The molecule has 1 aromatic carbocycles. The van der Waals surface area contributed by atoms with Crippen LogP contribution in [0.1, 0.15) is 28.8 Å². The maximum Gasteiger partial charge on any atom is 0.509 e. The van der Waals surface area contributed by atoms with Crippen LogP contribution in [0.2, 0.25) is 0 Å². The summed E-state index contributed by atoms with van der Waals surface area (Å²) in [5, 5.41) is 40.8. The van der Waals surface area contributed by atoms with Crippen LogP contribution in [0.5, 0.6) is 5.75 Å². The van der Waals surface area contributed by atoms with Crippen LogP contribution in [0.3, 0.4) is 0 Å². The predicted molar refractivity (Wildman–Crippen MR) is 98.5 cm³/mol. The van der Waals surface area contributed by atoms with E-state index in [0.29, 0.717) is 12.0 Å². The van der Waals surface area contributed by atoms with Gasteiger partial charge >= 0.3 is 6.16 Å². The number of fused-ring (bicyclic) bond motifs is 3. The van der Waals surface area contributed by atoms with Crippen LogP contribution in [0.25, 0.3) is 0 Å². The number of carbonyl (C=O) groups excluding carboxylic acids is 3. The van der Waals surface area contributed by atoms with E-state index >= 15 is 0 Å². The number of phenols is 1. The molecule has 0 amide bonds. The van der Waals surface area contributed by atoms with E-state index in [1.54, 1.807) is 18.2 Å². The number of phenolic OH excluding ortho intramolecular Hbond substituents is 1.